The molecule has 0 bridgehead atoms. The number of hydrogen-bond acceptors (Lipinski definition) is 4. The highest BCUT2D eigenvalue weighted by molar-refractivity contribution is 6.31. The average Bonchev–Trinajstić information content (AvgIpc) is 2.80. The van der Waals surface area contributed by atoms with Crippen molar-refractivity contribution < 1.29 is 4.79 Å². The molecule has 1 aliphatic carbocycles. The third-order valence-electron chi connectivity index (χ3n) is 7.24. The Balaban J connectivity index is 1.75. The maximum atomic E-state index is 13.1. The number of aromatic nitrogens is 1. The van der Waals surface area contributed by atoms with Crippen molar-refractivity contribution in [1.82, 2.24) is 15.6 Å². The summed E-state index contributed by atoms with van der Waals surface area (Å²) >= 11 is 6.45. The van der Waals surface area contributed by atoms with Crippen LogP contribution in [0.5, 0.6) is 0 Å². The molecule has 6 nitrogen and oxygen atoms in total. The van der Waals surface area contributed by atoms with Crippen LogP contribution in [0.1, 0.15) is 85.1 Å². The summed E-state index contributed by atoms with van der Waals surface area (Å²) in [6, 6.07) is 6.11. The fourth-order valence-electron chi connectivity index (χ4n) is 4.99. The lowest BCUT2D eigenvalue weighted by Gasteiger charge is -2.42. The van der Waals surface area contributed by atoms with Crippen LogP contribution in [0, 0.1) is 20.8 Å². The summed E-state index contributed by atoms with van der Waals surface area (Å²) in [7, 11) is 0. The van der Waals surface area contributed by atoms with Gasteiger partial charge in [0.05, 0.1) is 0 Å². The molecule has 1 saturated carbocycles. The van der Waals surface area contributed by atoms with Crippen molar-refractivity contribution >= 4 is 23.2 Å². The molecule has 3 rings (SSSR count). The monoisotopic (exact) mass is 486 g/mol. The molecule has 0 saturated heterocycles. The van der Waals surface area contributed by atoms with Gasteiger partial charge in [0.15, 0.2) is 0 Å². The van der Waals surface area contributed by atoms with Crippen LogP contribution in [0.25, 0.3) is 0 Å². The van der Waals surface area contributed by atoms with Crippen LogP contribution in [0.15, 0.2) is 23.0 Å². The van der Waals surface area contributed by atoms with E-state index in [1.54, 1.807) is 6.07 Å². The Kier molecular flexibility index (Phi) is 8.83. The van der Waals surface area contributed by atoms with Gasteiger partial charge in [-0.05, 0) is 95.2 Å². The van der Waals surface area contributed by atoms with Crippen molar-refractivity contribution in [3.63, 3.8) is 0 Å². The summed E-state index contributed by atoms with van der Waals surface area (Å²) in [6.07, 6.45) is 6.59. The Morgan fingerprint density at radius 3 is 2.47 bits per heavy atom. The molecule has 0 atom stereocenters. The van der Waals surface area contributed by atoms with Gasteiger partial charge in [0.25, 0.3) is 11.5 Å². The summed E-state index contributed by atoms with van der Waals surface area (Å²) < 4.78 is 0. The Labute approximate surface area is 208 Å². The first kappa shape index (κ1) is 26.3. The molecule has 34 heavy (non-hydrogen) atoms. The molecule has 0 aliphatic heterocycles. The van der Waals surface area contributed by atoms with E-state index in [4.69, 9.17) is 11.6 Å². The maximum Gasteiger partial charge on any atom is 0.253 e. The minimum absolute atomic E-state index is 0.000112. The molecule has 0 radical (unpaired) electrons. The first-order chi connectivity index (χ1) is 16.2. The highest BCUT2D eigenvalue weighted by Crippen LogP contribution is 2.37. The lowest BCUT2D eigenvalue weighted by Crippen LogP contribution is -2.46. The van der Waals surface area contributed by atoms with Crippen LogP contribution >= 0.6 is 11.6 Å². The van der Waals surface area contributed by atoms with E-state index in [2.05, 4.69) is 34.8 Å². The standard InChI is InChI=1S/C27H39ClN4O2/c1-6-12-29-21-8-10-27(7-2,11-9-21)32-24-15-20(28)14-22(19(24)5)25(33)30-16-23-17(3)13-18(4)31-26(23)34/h13-15,21,29,32H,6-12,16H2,1-5H3,(H,30,33)(H,31,34). The second kappa shape index (κ2) is 11.4. The highest BCUT2D eigenvalue weighted by atomic mass is 35.5. The number of H-pyrrole nitrogens is 1. The Morgan fingerprint density at radius 1 is 1.15 bits per heavy atom. The van der Waals surface area contributed by atoms with Crippen LogP contribution in [0.2, 0.25) is 5.02 Å². The molecule has 1 heterocycles. The number of rotatable bonds is 9. The largest absolute Gasteiger partial charge is 0.379 e. The zero-order valence-corrected chi connectivity index (χ0v) is 21.9. The van der Waals surface area contributed by atoms with Crippen molar-refractivity contribution in [1.29, 1.82) is 0 Å². The van der Waals surface area contributed by atoms with Gasteiger partial charge in [0, 0.05) is 45.7 Å². The Morgan fingerprint density at radius 2 is 1.85 bits per heavy atom. The van der Waals surface area contributed by atoms with Gasteiger partial charge in [-0.3, -0.25) is 9.59 Å². The minimum Gasteiger partial charge on any atom is -0.379 e. The van der Waals surface area contributed by atoms with Crippen LogP contribution in [-0.4, -0.2) is 29.0 Å². The number of halogens is 1. The molecule has 2 aromatic rings. The molecule has 0 spiro atoms. The van der Waals surface area contributed by atoms with Crippen molar-refractivity contribution in [2.24, 2.45) is 0 Å². The molecule has 0 unspecified atom stereocenters. The Hall–Kier alpha value is -2.31. The van der Waals surface area contributed by atoms with Crippen molar-refractivity contribution in [2.45, 2.75) is 91.3 Å². The van der Waals surface area contributed by atoms with Gasteiger partial charge >= 0.3 is 0 Å². The van der Waals surface area contributed by atoms with E-state index in [0.717, 1.165) is 67.6 Å². The quantitative estimate of drug-likeness (QED) is 0.383. The van der Waals surface area contributed by atoms with Gasteiger partial charge in [-0.25, -0.2) is 0 Å². The van der Waals surface area contributed by atoms with Gasteiger partial charge in [0.2, 0.25) is 0 Å². The number of amides is 1. The van der Waals surface area contributed by atoms with E-state index in [-0.39, 0.29) is 23.6 Å². The number of nitrogens with one attached hydrogen (secondary N) is 4. The van der Waals surface area contributed by atoms with Crippen molar-refractivity contribution in [3.05, 3.63) is 61.5 Å². The number of aryl methyl sites for hydroxylation is 2. The normalized spacial score (nSPS) is 20.2. The number of pyridine rings is 1. The van der Waals surface area contributed by atoms with Crippen LogP contribution in [-0.2, 0) is 6.54 Å². The summed E-state index contributed by atoms with van der Waals surface area (Å²) in [4.78, 5) is 28.2. The second-order valence-electron chi connectivity index (χ2n) is 9.74. The van der Waals surface area contributed by atoms with E-state index in [0.29, 0.717) is 22.2 Å². The molecule has 1 aromatic carbocycles. The van der Waals surface area contributed by atoms with E-state index in [1.807, 2.05) is 32.9 Å². The lowest BCUT2D eigenvalue weighted by atomic mass is 9.77. The molecule has 1 amide bonds. The van der Waals surface area contributed by atoms with Gasteiger partial charge in [-0.15, -0.1) is 0 Å². The minimum atomic E-state index is -0.236. The predicted molar refractivity (Wildman–Crippen MR) is 141 cm³/mol. The lowest BCUT2D eigenvalue weighted by molar-refractivity contribution is 0.0950. The molecule has 1 aliphatic rings. The average molecular weight is 487 g/mol. The van der Waals surface area contributed by atoms with Gasteiger partial charge < -0.3 is 20.9 Å². The summed E-state index contributed by atoms with van der Waals surface area (Å²) in [5.74, 6) is -0.236. The number of carbonyl (C=O) groups is 1. The first-order valence-corrected chi connectivity index (χ1v) is 12.8. The van der Waals surface area contributed by atoms with E-state index < -0.39 is 0 Å². The van der Waals surface area contributed by atoms with E-state index in [9.17, 15) is 9.59 Å². The van der Waals surface area contributed by atoms with Gasteiger partial charge in [-0.2, -0.15) is 0 Å². The SMILES string of the molecule is CCCNC1CCC(CC)(Nc2cc(Cl)cc(C(=O)NCc3c(C)cc(C)[nH]c3=O)c2C)CC1. The smallest absolute Gasteiger partial charge is 0.253 e. The molecular weight excluding hydrogens is 448 g/mol. The molecule has 186 valence electrons. The third kappa shape index (κ3) is 6.22. The van der Waals surface area contributed by atoms with Crippen LogP contribution < -0.4 is 21.5 Å². The maximum absolute atomic E-state index is 13.1. The number of carbonyl (C=O) groups excluding carboxylic acids is 1. The molecule has 4 N–H and O–H groups in total. The number of aromatic amines is 1. The fourth-order valence-corrected chi connectivity index (χ4v) is 5.20. The third-order valence-corrected chi connectivity index (χ3v) is 7.46. The molecule has 7 heteroatoms. The Bertz CT molecular complexity index is 1070. The second-order valence-corrected chi connectivity index (χ2v) is 10.2. The molecule has 1 aromatic heterocycles. The number of anilines is 1. The molecular formula is C27H39ClN4O2. The topological polar surface area (TPSA) is 86.0 Å². The van der Waals surface area contributed by atoms with Crippen molar-refractivity contribution in [3.8, 4) is 0 Å². The van der Waals surface area contributed by atoms with E-state index in [1.165, 1.54) is 0 Å². The zero-order valence-electron chi connectivity index (χ0n) is 21.2. The summed E-state index contributed by atoms with van der Waals surface area (Å²) in [5, 5.41) is 10.9. The van der Waals surface area contributed by atoms with Gasteiger partial charge in [0.1, 0.15) is 0 Å². The fraction of sp³-hybridized carbons (Fsp3) is 0.556. The predicted octanol–water partition coefficient (Wildman–Crippen LogP) is 5.39. The van der Waals surface area contributed by atoms with Gasteiger partial charge in [-0.1, -0.05) is 25.4 Å². The molecule has 1 fully saturated rings. The van der Waals surface area contributed by atoms with E-state index >= 15 is 0 Å². The highest BCUT2D eigenvalue weighted by Gasteiger charge is 2.34. The zero-order chi connectivity index (χ0) is 24.9. The van der Waals surface area contributed by atoms with Crippen molar-refractivity contribution in [2.75, 3.05) is 11.9 Å². The van der Waals surface area contributed by atoms with Crippen LogP contribution in [0.3, 0.4) is 0 Å². The number of hydrogen-bond donors (Lipinski definition) is 4. The summed E-state index contributed by atoms with van der Waals surface area (Å²) in [6.45, 7) is 11.3. The van der Waals surface area contributed by atoms with Crippen LogP contribution in [0.4, 0.5) is 5.69 Å². The first-order valence-electron chi connectivity index (χ1n) is 12.5. The summed E-state index contributed by atoms with van der Waals surface area (Å²) in [5.41, 5.74) is 4.37. The number of benzene rings is 1.